The fourth-order valence-corrected chi connectivity index (χ4v) is 10.9. The summed E-state index contributed by atoms with van der Waals surface area (Å²) in [6, 6.07) is -13.2. The molecule has 0 unspecified atom stereocenters. The SMILES string of the molecule is CC[C@@H]1NC(=O)[C@H]([C@H](OC(C)=O)[C@H](C)CC(=O)O)N(C)C(=O)[C@H](C(C)C)N(C)C(=O)[C@H](CC(C)C)N(C)C(=O)[C@H](CC(C)C)N(C)C(=O)[C@@H](C)NC(=O)[C@H](C)NC(=O)[C@H](CC(C)C)N(C)C(=O)[C@H](C(C)C)NC(=O)[C@H](CC(C)C)N(C)C(=O)CN(C)C1=O. The van der Waals surface area contributed by atoms with Crippen molar-refractivity contribution in [3.8, 4) is 0 Å². The number of hydrogen-bond donors (Lipinski definition) is 5. The van der Waals surface area contributed by atoms with E-state index in [0.717, 1.165) is 26.5 Å². The monoisotopic (exact) mass is 1250 g/mol. The van der Waals surface area contributed by atoms with Crippen LogP contribution in [-0.4, -0.2) is 239 Å². The molecule has 11 amide bonds. The molecule has 1 fully saturated rings. The third-order valence-corrected chi connectivity index (χ3v) is 16.1. The van der Waals surface area contributed by atoms with Gasteiger partial charge >= 0.3 is 11.9 Å². The van der Waals surface area contributed by atoms with Gasteiger partial charge < -0.3 is 65.4 Å². The molecule has 0 spiro atoms. The van der Waals surface area contributed by atoms with E-state index in [-0.39, 0.29) is 55.8 Å². The predicted octanol–water partition coefficient (Wildman–Crippen LogP) is 2.35. The third-order valence-electron chi connectivity index (χ3n) is 16.1. The molecule has 0 aromatic rings. The van der Waals surface area contributed by atoms with Gasteiger partial charge in [0.15, 0.2) is 0 Å². The number of carboxylic acid groups (broad SMARTS) is 1. The lowest BCUT2D eigenvalue weighted by Gasteiger charge is -2.42. The summed E-state index contributed by atoms with van der Waals surface area (Å²) < 4.78 is 5.70. The maximum absolute atomic E-state index is 15.3. The smallest absolute Gasteiger partial charge is 0.303 e. The Hall–Kier alpha value is -6.89. The third kappa shape index (κ3) is 22.3. The lowest BCUT2D eigenvalue weighted by molar-refractivity contribution is -0.165. The highest BCUT2D eigenvalue weighted by atomic mass is 16.5. The van der Waals surface area contributed by atoms with E-state index in [1.807, 2.05) is 55.4 Å². The van der Waals surface area contributed by atoms with Crippen LogP contribution in [-0.2, 0) is 67.1 Å². The molecule has 0 radical (unpaired) electrons. The van der Waals surface area contributed by atoms with Crippen molar-refractivity contribution in [1.29, 1.82) is 0 Å². The molecule has 88 heavy (non-hydrogen) atoms. The number of nitrogens with one attached hydrogen (secondary N) is 4. The van der Waals surface area contributed by atoms with E-state index in [1.165, 1.54) is 84.8 Å². The van der Waals surface area contributed by atoms with E-state index in [2.05, 4.69) is 21.3 Å². The summed E-state index contributed by atoms with van der Waals surface area (Å²) in [5, 5.41) is 20.8. The molecular formula is C62H109N11O15. The molecule has 26 heteroatoms. The first kappa shape index (κ1) is 79.1. The lowest BCUT2D eigenvalue weighted by Crippen LogP contribution is -2.64. The molecule has 12 atom stereocenters. The van der Waals surface area contributed by atoms with Crippen LogP contribution in [0.15, 0.2) is 0 Å². The number of likely N-dealkylation sites (N-methyl/N-ethyl adjacent to an activating group) is 7. The van der Waals surface area contributed by atoms with E-state index in [9.17, 15) is 53.1 Å². The minimum absolute atomic E-state index is 0.0746. The van der Waals surface area contributed by atoms with Gasteiger partial charge in [-0.3, -0.25) is 62.3 Å². The van der Waals surface area contributed by atoms with Crippen molar-refractivity contribution in [1.82, 2.24) is 55.6 Å². The number of nitrogens with zero attached hydrogens (tertiary/aromatic N) is 7. The van der Waals surface area contributed by atoms with Gasteiger partial charge in [0, 0.05) is 62.2 Å². The molecule has 1 saturated heterocycles. The number of ether oxygens (including phenoxy) is 1. The molecule has 502 valence electrons. The van der Waals surface area contributed by atoms with Gasteiger partial charge in [-0.15, -0.1) is 0 Å². The predicted molar refractivity (Wildman–Crippen MR) is 331 cm³/mol. The zero-order valence-corrected chi connectivity index (χ0v) is 57.1. The van der Waals surface area contributed by atoms with Crippen molar-refractivity contribution < 1.29 is 72.2 Å². The van der Waals surface area contributed by atoms with Crippen LogP contribution in [0.3, 0.4) is 0 Å². The Morgan fingerprint density at radius 2 is 0.886 bits per heavy atom. The van der Waals surface area contributed by atoms with Crippen LogP contribution >= 0.6 is 0 Å². The van der Waals surface area contributed by atoms with Crippen LogP contribution in [0, 0.1) is 41.4 Å². The minimum atomic E-state index is -1.85. The van der Waals surface area contributed by atoms with Gasteiger partial charge in [0.05, 0.1) is 13.0 Å². The molecule has 0 aromatic carbocycles. The van der Waals surface area contributed by atoms with Crippen LogP contribution in [0.5, 0.6) is 0 Å². The van der Waals surface area contributed by atoms with Gasteiger partial charge in [-0.05, 0) is 81.5 Å². The summed E-state index contributed by atoms with van der Waals surface area (Å²) in [6.45, 7) is 27.6. The largest absolute Gasteiger partial charge is 0.481 e. The topological polar surface area (TPSA) is 322 Å². The second kappa shape index (κ2) is 35.3. The average molecular weight is 1250 g/mol. The number of carbonyl (C=O) groups excluding carboxylic acids is 12. The maximum atomic E-state index is 15.3. The van der Waals surface area contributed by atoms with Gasteiger partial charge in [0.1, 0.15) is 66.5 Å². The highest BCUT2D eigenvalue weighted by Gasteiger charge is 2.47. The van der Waals surface area contributed by atoms with Crippen LogP contribution in [0.2, 0.25) is 0 Å². The Bertz CT molecular complexity index is 2470. The highest BCUT2D eigenvalue weighted by Crippen LogP contribution is 2.27. The van der Waals surface area contributed by atoms with Crippen molar-refractivity contribution >= 4 is 76.9 Å². The standard InChI is InChI=1S/C62H109N11O15/c1-25-42-58(83)67(18)31-47(75)68(19)43(26-32(2)3)55(80)66-49(36(10)11)61(86)69(20)44(27-33(4)5)54(79)63-39(15)53(78)64-40(16)57(82)70(21)45(28-34(6)7)59(84)71(22)46(29-35(8)9)60(85)72(23)50(37(12)13)62(87)73(24)51(56(81)65-42)52(88-41(17)74)38(14)30-48(76)77/h32-40,42-46,49-52H,25-31H2,1-24H3,(H,63,79)(H,64,78)(H,65,81)(H,66,80)(H,76,77)/t38-,39+,40-,42+,43+,44+,45+,46+,49+,50+,51+,52-/m1/s1. The number of hydrogen-bond acceptors (Lipinski definition) is 14. The molecule has 0 saturated carbocycles. The van der Waals surface area contributed by atoms with Crippen LogP contribution < -0.4 is 21.3 Å². The molecule has 1 aliphatic rings. The zero-order valence-electron chi connectivity index (χ0n) is 57.1. The van der Waals surface area contributed by atoms with E-state index in [1.54, 1.807) is 34.6 Å². The van der Waals surface area contributed by atoms with E-state index in [4.69, 9.17) is 4.74 Å². The quantitative estimate of drug-likeness (QED) is 0.139. The van der Waals surface area contributed by atoms with Gasteiger partial charge in [0.25, 0.3) is 0 Å². The minimum Gasteiger partial charge on any atom is -0.481 e. The fourth-order valence-electron chi connectivity index (χ4n) is 10.9. The number of aliphatic carboxylic acids is 1. The number of carbonyl (C=O) groups is 13. The van der Waals surface area contributed by atoms with E-state index >= 15 is 14.4 Å². The summed E-state index contributed by atoms with van der Waals surface area (Å²) in [4.78, 5) is 194. The molecular weight excluding hydrogens is 1140 g/mol. The summed E-state index contributed by atoms with van der Waals surface area (Å²) in [5.41, 5.74) is 0. The van der Waals surface area contributed by atoms with Crippen molar-refractivity contribution in [2.45, 2.75) is 223 Å². The van der Waals surface area contributed by atoms with Crippen molar-refractivity contribution in [2.24, 2.45) is 41.4 Å². The molecule has 1 heterocycles. The Balaban J connectivity index is 4.44. The number of esters is 1. The van der Waals surface area contributed by atoms with Crippen LogP contribution in [0.1, 0.15) is 156 Å². The fraction of sp³-hybridized carbons (Fsp3) is 0.790. The Morgan fingerprint density at radius 3 is 1.32 bits per heavy atom. The van der Waals surface area contributed by atoms with Gasteiger partial charge in [-0.2, -0.15) is 0 Å². The maximum Gasteiger partial charge on any atom is 0.303 e. The Morgan fingerprint density at radius 1 is 0.477 bits per heavy atom. The van der Waals surface area contributed by atoms with Crippen molar-refractivity contribution in [3.63, 3.8) is 0 Å². The molecule has 0 aromatic heterocycles. The average Bonchev–Trinajstić information content (AvgIpc) is 1.87. The second-order valence-corrected chi connectivity index (χ2v) is 26.5. The Kier molecular flexibility index (Phi) is 31.8. The molecule has 1 aliphatic heterocycles. The first-order chi connectivity index (χ1) is 40.5. The van der Waals surface area contributed by atoms with Crippen molar-refractivity contribution in [3.05, 3.63) is 0 Å². The first-order valence-electron chi connectivity index (χ1n) is 30.9. The van der Waals surface area contributed by atoms with Gasteiger partial charge in [-0.1, -0.05) is 96.9 Å². The van der Waals surface area contributed by atoms with Crippen molar-refractivity contribution in [2.75, 3.05) is 55.9 Å². The van der Waals surface area contributed by atoms with Gasteiger partial charge in [0.2, 0.25) is 65.0 Å². The molecule has 0 aliphatic carbocycles. The Labute approximate surface area is 523 Å². The lowest BCUT2D eigenvalue weighted by atomic mass is 9.91. The summed E-state index contributed by atoms with van der Waals surface area (Å²) in [5.74, 6) is -13.6. The number of carboxylic acids is 1. The van der Waals surface area contributed by atoms with Gasteiger partial charge in [-0.25, -0.2) is 0 Å². The first-order valence-corrected chi connectivity index (χ1v) is 30.9. The molecule has 5 N–H and O–H groups in total. The summed E-state index contributed by atoms with van der Waals surface area (Å²) >= 11 is 0. The molecule has 26 nitrogen and oxygen atoms in total. The van der Waals surface area contributed by atoms with Crippen LogP contribution in [0.25, 0.3) is 0 Å². The zero-order chi connectivity index (χ0) is 68.4. The molecule has 1 rings (SSSR count). The van der Waals surface area contributed by atoms with E-state index in [0.29, 0.717) is 0 Å². The van der Waals surface area contributed by atoms with Crippen LogP contribution in [0.4, 0.5) is 0 Å². The highest BCUT2D eigenvalue weighted by molar-refractivity contribution is 5.99. The molecule has 0 bridgehead atoms. The number of rotatable bonds is 16. The van der Waals surface area contributed by atoms with E-state index < -0.39 is 174 Å². The summed E-state index contributed by atoms with van der Waals surface area (Å²) in [6.07, 6.45) is -1.96. The summed E-state index contributed by atoms with van der Waals surface area (Å²) in [7, 11) is 9.49. The number of amides is 11. The second-order valence-electron chi connectivity index (χ2n) is 26.5. The normalized spacial score (nSPS) is 26.2.